The number of rotatable bonds is 5. The van der Waals surface area contributed by atoms with Crippen LogP contribution < -0.4 is 0 Å². The van der Waals surface area contributed by atoms with Gasteiger partial charge in [0.15, 0.2) is 0 Å². The van der Waals surface area contributed by atoms with Gasteiger partial charge < -0.3 is 4.98 Å². The molecule has 0 aliphatic heterocycles. The lowest BCUT2D eigenvalue weighted by atomic mass is 10.0. The van der Waals surface area contributed by atoms with Crippen molar-refractivity contribution in [3.8, 4) is 5.69 Å². The van der Waals surface area contributed by atoms with Crippen molar-refractivity contribution in [2.24, 2.45) is 0 Å². The van der Waals surface area contributed by atoms with Gasteiger partial charge in [-0.15, -0.1) is 10.2 Å². The first kappa shape index (κ1) is 14.7. The Morgan fingerprint density at radius 1 is 0.958 bits per heavy atom. The number of aromatic amines is 1. The number of fused-ring (bicyclic) bond motifs is 1. The minimum Gasteiger partial charge on any atom is -0.361 e. The fraction of sp³-hybridized carbons (Fsp3) is 0.200. The molecule has 0 bridgehead atoms. The van der Waals surface area contributed by atoms with Crippen LogP contribution >= 0.6 is 0 Å². The zero-order valence-electron chi connectivity index (χ0n) is 13.7. The van der Waals surface area contributed by atoms with E-state index in [-0.39, 0.29) is 0 Å². The second kappa shape index (κ2) is 6.32. The van der Waals surface area contributed by atoms with Gasteiger partial charge in [0, 0.05) is 22.8 Å². The highest BCUT2D eigenvalue weighted by Gasteiger charge is 2.06. The van der Waals surface area contributed by atoms with Gasteiger partial charge in [0.2, 0.25) is 0 Å². The van der Waals surface area contributed by atoms with Gasteiger partial charge in [-0.05, 0) is 55.5 Å². The molecule has 0 saturated carbocycles. The Morgan fingerprint density at radius 2 is 1.75 bits per heavy atom. The molecule has 4 aromatic rings. The number of nitrogens with zero attached hydrogens (tertiary/aromatic N) is 3. The topological polar surface area (TPSA) is 46.5 Å². The molecule has 0 radical (unpaired) electrons. The normalized spacial score (nSPS) is 11.2. The molecule has 4 heteroatoms. The Hall–Kier alpha value is -2.88. The predicted octanol–water partition coefficient (Wildman–Crippen LogP) is 4.23. The van der Waals surface area contributed by atoms with Crippen LogP contribution in [0.2, 0.25) is 0 Å². The van der Waals surface area contributed by atoms with E-state index in [9.17, 15) is 0 Å². The van der Waals surface area contributed by atoms with Crippen LogP contribution in [0.3, 0.4) is 0 Å². The van der Waals surface area contributed by atoms with E-state index in [1.54, 1.807) is 12.7 Å². The first-order valence-corrected chi connectivity index (χ1v) is 8.30. The molecule has 0 unspecified atom stereocenters. The average molecular weight is 316 g/mol. The number of aryl methyl sites for hydroxylation is 3. The first-order chi connectivity index (χ1) is 11.8. The fourth-order valence-electron chi connectivity index (χ4n) is 3.11. The smallest absolute Gasteiger partial charge is 0.123 e. The number of benzene rings is 2. The lowest BCUT2D eigenvalue weighted by Crippen LogP contribution is -1.91. The molecule has 0 spiro atoms. The van der Waals surface area contributed by atoms with Crippen LogP contribution in [0.5, 0.6) is 0 Å². The van der Waals surface area contributed by atoms with Gasteiger partial charge in [-0.1, -0.05) is 29.8 Å². The third-order valence-electron chi connectivity index (χ3n) is 4.50. The quantitative estimate of drug-likeness (QED) is 0.599. The maximum absolute atomic E-state index is 3.88. The Bertz CT molecular complexity index is 934. The maximum Gasteiger partial charge on any atom is 0.123 e. The lowest BCUT2D eigenvalue weighted by Gasteiger charge is -2.04. The third kappa shape index (κ3) is 2.95. The molecule has 2 aromatic carbocycles. The number of H-pyrrole nitrogens is 1. The van der Waals surface area contributed by atoms with Crippen LogP contribution in [0.1, 0.15) is 23.1 Å². The van der Waals surface area contributed by atoms with Gasteiger partial charge in [-0.3, -0.25) is 4.57 Å². The monoisotopic (exact) mass is 316 g/mol. The third-order valence-corrected chi connectivity index (χ3v) is 4.50. The molecular formula is C20H20N4. The largest absolute Gasteiger partial charge is 0.361 e. The number of nitrogens with one attached hydrogen (secondary N) is 1. The van der Waals surface area contributed by atoms with Crippen molar-refractivity contribution in [3.05, 3.63) is 78.0 Å². The van der Waals surface area contributed by atoms with Crippen molar-refractivity contribution in [3.63, 3.8) is 0 Å². The van der Waals surface area contributed by atoms with Gasteiger partial charge in [0.25, 0.3) is 0 Å². The van der Waals surface area contributed by atoms with Crippen molar-refractivity contribution < 1.29 is 0 Å². The summed E-state index contributed by atoms with van der Waals surface area (Å²) in [5.74, 6) is 0. The minimum atomic E-state index is 1.07. The molecule has 1 N–H and O–H groups in total. The first-order valence-electron chi connectivity index (χ1n) is 8.30. The standard InChI is InChI=1S/C20H20N4/c1-15-5-7-16(8-6-15)3-2-4-17-12-21-20-10-9-18(11-19(17)20)24-13-22-23-14-24/h5-14,21H,2-4H2,1H3. The van der Waals surface area contributed by atoms with Crippen LogP contribution in [-0.4, -0.2) is 19.7 Å². The summed E-state index contributed by atoms with van der Waals surface area (Å²) in [6.07, 6.45) is 8.91. The molecule has 4 rings (SSSR count). The molecule has 0 saturated heterocycles. The zero-order valence-corrected chi connectivity index (χ0v) is 13.7. The average Bonchev–Trinajstić information content (AvgIpc) is 3.26. The fourth-order valence-corrected chi connectivity index (χ4v) is 3.11. The highest BCUT2D eigenvalue weighted by molar-refractivity contribution is 5.85. The highest BCUT2D eigenvalue weighted by atomic mass is 15.2. The molecule has 0 fully saturated rings. The summed E-state index contributed by atoms with van der Waals surface area (Å²) in [7, 11) is 0. The number of hydrogen-bond donors (Lipinski definition) is 1. The molecule has 0 amide bonds. The summed E-state index contributed by atoms with van der Waals surface area (Å²) < 4.78 is 1.93. The Balaban J connectivity index is 1.51. The summed E-state index contributed by atoms with van der Waals surface area (Å²) >= 11 is 0. The molecule has 24 heavy (non-hydrogen) atoms. The van der Waals surface area contributed by atoms with E-state index in [0.717, 1.165) is 24.9 Å². The van der Waals surface area contributed by atoms with Gasteiger partial charge in [0.05, 0.1) is 0 Å². The lowest BCUT2D eigenvalue weighted by molar-refractivity contribution is 0.824. The molecule has 4 nitrogen and oxygen atoms in total. The SMILES string of the molecule is Cc1ccc(CCCc2c[nH]c3ccc(-n4cnnc4)cc23)cc1. The van der Waals surface area contributed by atoms with Crippen LogP contribution in [0, 0.1) is 6.92 Å². The van der Waals surface area contributed by atoms with Crippen LogP contribution in [0.25, 0.3) is 16.6 Å². The molecule has 0 aliphatic carbocycles. The minimum absolute atomic E-state index is 1.07. The van der Waals surface area contributed by atoms with E-state index in [1.807, 2.05) is 4.57 Å². The van der Waals surface area contributed by atoms with E-state index in [1.165, 1.54) is 27.6 Å². The van der Waals surface area contributed by atoms with Gasteiger partial charge in [0.1, 0.15) is 12.7 Å². The van der Waals surface area contributed by atoms with Crippen molar-refractivity contribution >= 4 is 10.9 Å². The summed E-state index contributed by atoms with van der Waals surface area (Å²) in [5, 5.41) is 9.05. The molecule has 2 aromatic heterocycles. The summed E-state index contributed by atoms with van der Waals surface area (Å²) in [4.78, 5) is 3.38. The number of aromatic nitrogens is 4. The van der Waals surface area contributed by atoms with Crippen LogP contribution in [0.15, 0.2) is 61.3 Å². The summed E-state index contributed by atoms with van der Waals surface area (Å²) in [6, 6.07) is 15.2. The van der Waals surface area contributed by atoms with E-state index < -0.39 is 0 Å². The molecule has 0 aliphatic rings. The Kier molecular flexibility index (Phi) is 3.87. The summed E-state index contributed by atoms with van der Waals surface area (Å²) in [6.45, 7) is 2.13. The maximum atomic E-state index is 3.88. The van der Waals surface area contributed by atoms with Gasteiger partial charge >= 0.3 is 0 Å². The summed E-state index contributed by atoms with van der Waals surface area (Å²) in [5.41, 5.74) is 6.36. The van der Waals surface area contributed by atoms with Gasteiger partial charge in [-0.25, -0.2) is 0 Å². The van der Waals surface area contributed by atoms with Gasteiger partial charge in [-0.2, -0.15) is 0 Å². The Labute approximate surface area is 141 Å². The Morgan fingerprint density at radius 3 is 2.54 bits per heavy atom. The van der Waals surface area contributed by atoms with E-state index in [0.29, 0.717) is 0 Å². The van der Waals surface area contributed by atoms with E-state index in [4.69, 9.17) is 0 Å². The second-order valence-electron chi connectivity index (χ2n) is 6.25. The molecular weight excluding hydrogens is 296 g/mol. The predicted molar refractivity (Wildman–Crippen MR) is 96.4 cm³/mol. The van der Waals surface area contributed by atoms with Crippen molar-refractivity contribution in [2.75, 3.05) is 0 Å². The van der Waals surface area contributed by atoms with Crippen LogP contribution in [-0.2, 0) is 12.8 Å². The number of hydrogen-bond acceptors (Lipinski definition) is 2. The highest BCUT2D eigenvalue weighted by Crippen LogP contribution is 2.23. The van der Waals surface area contributed by atoms with E-state index >= 15 is 0 Å². The van der Waals surface area contributed by atoms with Crippen molar-refractivity contribution in [1.29, 1.82) is 0 Å². The zero-order chi connectivity index (χ0) is 16.4. The molecule has 120 valence electrons. The van der Waals surface area contributed by atoms with Crippen molar-refractivity contribution in [1.82, 2.24) is 19.7 Å². The second-order valence-corrected chi connectivity index (χ2v) is 6.25. The van der Waals surface area contributed by atoms with Crippen molar-refractivity contribution in [2.45, 2.75) is 26.2 Å². The molecule has 0 atom stereocenters. The molecule has 2 heterocycles. The van der Waals surface area contributed by atoms with E-state index in [2.05, 4.69) is 70.8 Å². The van der Waals surface area contributed by atoms with Crippen LogP contribution in [0.4, 0.5) is 0 Å².